The van der Waals surface area contributed by atoms with E-state index in [0.29, 0.717) is 50.0 Å². The summed E-state index contributed by atoms with van der Waals surface area (Å²) in [6.07, 6.45) is 2.05. The van der Waals surface area contributed by atoms with E-state index in [1.807, 2.05) is 11.9 Å². The van der Waals surface area contributed by atoms with Gasteiger partial charge in [0.2, 0.25) is 5.91 Å². The van der Waals surface area contributed by atoms with Gasteiger partial charge in [0.25, 0.3) is 0 Å². The van der Waals surface area contributed by atoms with Crippen LogP contribution in [-0.4, -0.2) is 104 Å². The molecule has 2 fully saturated rings. The largest absolute Gasteiger partial charge is 0.391 e. The average Bonchev–Trinajstić information content (AvgIpc) is 3.25. The van der Waals surface area contributed by atoms with Gasteiger partial charge in [0, 0.05) is 77.2 Å². The molecule has 1 aromatic carbocycles. The zero-order valence-electron chi connectivity index (χ0n) is 21.1. The van der Waals surface area contributed by atoms with Crippen molar-refractivity contribution in [3.8, 4) is 0 Å². The molecule has 0 spiro atoms. The monoisotopic (exact) mass is 504 g/mol. The quantitative estimate of drug-likeness (QED) is 0.460. The molecule has 2 saturated heterocycles. The van der Waals surface area contributed by atoms with E-state index < -0.39 is 11.7 Å². The van der Waals surface area contributed by atoms with Crippen LogP contribution in [0, 0.1) is 17.1 Å². The van der Waals surface area contributed by atoms with Crippen LogP contribution in [0.3, 0.4) is 0 Å². The molecule has 1 aromatic rings. The van der Waals surface area contributed by atoms with Crippen LogP contribution in [-0.2, 0) is 4.79 Å². The van der Waals surface area contributed by atoms with Crippen LogP contribution in [0.1, 0.15) is 31.2 Å². The van der Waals surface area contributed by atoms with Gasteiger partial charge in [-0.25, -0.2) is 4.39 Å². The van der Waals surface area contributed by atoms with Crippen LogP contribution >= 0.6 is 11.6 Å². The second-order valence-corrected chi connectivity index (χ2v) is 10.5. The highest BCUT2D eigenvalue weighted by atomic mass is 35.5. The Hall–Kier alpha value is -2.16. The number of hydrogen-bond acceptors (Lipinski definition) is 5. The van der Waals surface area contributed by atoms with Crippen LogP contribution in [0.25, 0.3) is 0 Å². The van der Waals surface area contributed by atoms with Gasteiger partial charge in [-0.1, -0.05) is 24.6 Å². The fourth-order valence-electron chi connectivity index (χ4n) is 5.46. The van der Waals surface area contributed by atoms with Gasteiger partial charge >= 0.3 is 0 Å². The summed E-state index contributed by atoms with van der Waals surface area (Å²) in [6.45, 7) is 8.84. The van der Waals surface area contributed by atoms with Crippen LogP contribution < -0.4 is 5.32 Å². The molecule has 1 aliphatic carbocycles. The van der Waals surface area contributed by atoms with Gasteiger partial charge in [0.05, 0.1) is 10.9 Å². The standard InChI is InChI=1S/C26H38ClFN6O/c1-18-4-7-23(30-2)24(18)25(29)33-12-14-34(15-13-33)26(35)20(17-32-10-8-31(3)9-11-32)19-5-6-21(27)22(28)16-19/h5-6,16,18,20,29-30H,4,7-15,17H2,1-3H3/t18-,20-/m1/s1. The second-order valence-electron chi connectivity index (χ2n) is 10.1. The molecule has 2 N–H and O–H groups in total. The highest BCUT2D eigenvalue weighted by Crippen LogP contribution is 2.32. The minimum absolute atomic E-state index is 0.0289. The molecule has 192 valence electrons. The van der Waals surface area contributed by atoms with E-state index in [4.69, 9.17) is 17.0 Å². The van der Waals surface area contributed by atoms with E-state index in [9.17, 15) is 9.18 Å². The Morgan fingerprint density at radius 3 is 2.43 bits per heavy atom. The van der Waals surface area contributed by atoms with Crippen molar-refractivity contribution in [3.63, 3.8) is 0 Å². The van der Waals surface area contributed by atoms with Crippen molar-refractivity contribution < 1.29 is 9.18 Å². The summed E-state index contributed by atoms with van der Waals surface area (Å²) in [5.74, 6) is 0.0568. The fraction of sp³-hybridized carbons (Fsp3) is 0.615. The molecule has 0 radical (unpaired) electrons. The summed E-state index contributed by atoms with van der Waals surface area (Å²) >= 11 is 5.93. The van der Waals surface area contributed by atoms with Crippen LogP contribution in [0.4, 0.5) is 4.39 Å². The molecular formula is C26H38ClFN6O. The zero-order valence-corrected chi connectivity index (χ0v) is 21.9. The van der Waals surface area contributed by atoms with Gasteiger partial charge in [0.15, 0.2) is 0 Å². The minimum atomic E-state index is -0.488. The number of rotatable bonds is 6. The van der Waals surface area contributed by atoms with Crippen molar-refractivity contribution in [2.75, 3.05) is 73.0 Å². The molecule has 9 heteroatoms. The molecule has 2 atom stereocenters. The van der Waals surface area contributed by atoms with E-state index in [-0.39, 0.29) is 10.9 Å². The molecule has 0 unspecified atom stereocenters. The summed E-state index contributed by atoms with van der Waals surface area (Å²) in [6, 6.07) is 4.74. The van der Waals surface area contributed by atoms with Crippen molar-refractivity contribution in [1.29, 1.82) is 5.41 Å². The number of amides is 1. The summed E-state index contributed by atoms with van der Waals surface area (Å²) in [4.78, 5) is 22.3. The Labute approximate surface area is 213 Å². The molecule has 3 aliphatic rings. The first-order valence-corrected chi connectivity index (χ1v) is 13.1. The summed E-state index contributed by atoms with van der Waals surface area (Å²) < 4.78 is 14.3. The number of halogens is 2. The van der Waals surface area contributed by atoms with Crippen molar-refractivity contribution in [1.82, 2.24) is 24.9 Å². The lowest BCUT2D eigenvalue weighted by Gasteiger charge is -2.40. The third-order valence-corrected chi connectivity index (χ3v) is 8.10. The lowest BCUT2D eigenvalue weighted by atomic mass is 9.95. The number of benzene rings is 1. The zero-order chi connectivity index (χ0) is 25.1. The van der Waals surface area contributed by atoms with E-state index in [0.717, 1.165) is 50.3 Å². The molecule has 0 aromatic heterocycles. The van der Waals surface area contributed by atoms with Crippen molar-refractivity contribution in [3.05, 3.63) is 45.9 Å². The summed E-state index contributed by atoms with van der Waals surface area (Å²) in [5.41, 5.74) is 2.95. The molecule has 4 rings (SSSR count). The van der Waals surface area contributed by atoms with Crippen molar-refractivity contribution in [2.24, 2.45) is 5.92 Å². The van der Waals surface area contributed by atoms with Gasteiger partial charge < -0.3 is 20.0 Å². The van der Waals surface area contributed by atoms with E-state index in [1.54, 1.807) is 12.1 Å². The minimum Gasteiger partial charge on any atom is -0.391 e. The molecule has 2 aliphatic heterocycles. The number of piperazine rings is 2. The number of hydrogen-bond donors (Lipinski definition) is 2. The highest BCUT2D eigenvalue weighted by molar-refractivity contribution is 6.30. The molecule has 1 amide bonds. The first kappa shape index (κ1) is 25.9. The maximum absolute atomic E-state index is 14.3. The Bertz CT molecular complexity index is 969. The number of carbonyl (C=O) groups excluding carboxylic acids is 1. The Morgan fingerprint density at radius 1 is 1.14 bits per heavy atom. The second kappa shape index (κ2) is 11.3. The van der Waals surface area contributed by atoms with Crippen molar-refractivity contribution >= 4 is 23.3 Å². The fourth-order valence-corrected chi connectivity index (χ4v) is 5.58. The molecule has 0 bridgehead atoms. The Balaban J connectivity index is 1.45. The van der Waals surface area contributed by atoms with Gasteiger partial charge in [-0.3, -0.25) is 15.1 Å². The number of carbonyl (C=O) groups is 1. The van der Waals surface area contributed by atoms with Crippen LogP contribution in [0.15, 0.2) is 29.5 Å². The first-order chi connectivity index (χ1) is 16.8. The van der Waals surface area contributed by atoms with E-state index in [2.05, 4.69) is 34.0 Å². The number of nitrogens with zero attached hydrogens (tertiary/aromatic N) is 4. The maximum Gasteiger partial charge on any atom is 0.231 e. The van der Waals surface area contributed by atoms with Gasteiger partial charge in [-0.05, 0) is 43.5 Å². The molecule has 35 heavy (non-hydrogen) atoms. The van der Waals surface area contributed by atoms with E-state index >= 15 is 0 Å². The lowest BCUT2D eigenvalue weighted by Crippen LogP contribution is -2.53. The van der Waals surface area contributed by atoms with Crippen LogP contribution in [0.5, 0.6) is 0 Å². The first-order valence-electron chi connectivity index (χ1n) is 12.7. The maximum atomic E-state index is 14.3. The summed E-state index contributed by atoms with van der Waals surface area (Å²) in [7, 11) is 4.03. The molecule has 0 saturated carbocycles. The smallest absolute Gasteiger partial charge is 0.231 e. The predicted molar refractivity (Wildman–Crippen MR) is 138 cm³/mol. The number of nitrogens with one attached hydrogen (secondary N) is 2. The Kier molecular flexibility index (Phi) is 8.34. The third-order valence-electron chi connectivity index (χ3n) is 7.79. The van der Waals surface area contributed by atoms with Crippen LogP contribution in [0.2, 0.25) is 5.02 Å². The van der Waals surface area contributed by atoms with Gasteiger partial charge in [0.1, 0.15) is 11.7 Å². The Morgan fingerprint density at radius 2 is 1.80 bits per heavy atom. The lowest BCUT2D eigenvalue weighted by molar-refractivity contribution is -0.134. The predicted octanol–water partition coefficient (Wildman–Crippen LogP) is 2.83. The average molecular weight is 505 g/mol. The van der Waals surface area contributed by atoms with E-state index in [1.165, 1.54) is 6.07 Å². The van der Waals surface area contributed by atoms with Gasteiger partial charge in [-0.2, -0.15) is 0 Å². The normalized spacial score (nSPS) is 23.1. The number of likely N-dealkylation sites (N-methyl/N-ethyl adjacent to an activating group) is 1. The number of allylic oxidation sites excluding steroid dienone is 1. The third kappa shape index (κ3) is 5.81. The highest BCUT2D eigenvalue weighted by Gasteiger charge is 2.34. The molecular weight excluding hydrogens is 467 g/mol. The summed E-state index contributed by atoms with van der Waals surface area (Å²) in [5, 5.41) is 12.2. The topological polar surface area (TPSA) is 65.9 Å². The molecule has 2 heterocycles. The molecule has 7 nitrogen and oxygen atoms in total. The van der Waals surface area contributed by atoms with Crippen molar-refractivity contribution in [2.45, 2.75) is 25.7 Å². The number of amidine groups is 1. The van der Waals surface area contributed by atoms with Gasteiger partial charge in [-0.15, -0.1) is 0 Å². The SMILES string of the molecule is CNC1=C(C(=N)N2CCN(C(=O)[C@H](CN3CCN(C)CC3)c3ccc(Cl)c(F)c3)CC2)[C@H](C)CC1.